The van der Waals surface area contributed by atoms with Gasteiger partial charge in [0.15, 0.2) is 0 Å². The molecule has 1 aliphatic rings. The van der Waals surface area contributed by atoms with Gasteiger partial charge in [-0.1, -0.05) is 48.0 Å². The number of carbonyl (C=O) groups excluding carboxylic acids is 1. The molecule has 1 N–H and O–H groups in total. The zero-order chi connectivity index (χ0) is 16.3. The second-order valence-corrected chi connectivity index (χ2v) is 7.54. The van der Waals surface area contributed by atoms with Crippen molar-refractivity contribution in [2.45, 2.75) is 66.2 Å². The molecular weight excluding hydrogens is 262 g/mol. The number of nitrogens with zero attached hydrogens (tertiary/aromatic N) is 2. The Hall–Kier alpha value is -0.610. The first-order chi connectivity index (χ1) is 9.70. The van der Waals surface area contributed by atoms with E-state index in [1.54, 1.807) is 0 Å². The summed E-state index contributed by atoms with van der Waals surface area (Å²) in [5.41, 5.74) is 0. The maximum atomic E-state index is 13.0. The Bertz CT molecular complexity index is 341. The third-order valence-corrected chi connectivity index (χ3v) is 4.69. The van der Waals surface area contributed by atoms with Gasteiger partial charge in [0, 0.05) is 12.6 Å². The molecule has 0 aromatic heterocycles. The van der Waals surface area contributed by atoms with Crippen LogP contribution in [0.15, 0.2) is 0 Å². The summed E-state index contributed by atoms with van der Waals surface area (Å²) in [5.74, 6) is 1.56. The zero-order valence-corrected chi connectivity index (χ0v) is 15.2. The van der Waals surface area contributed by atoms with Crippen molar-refractivity contribution in [3.05, 3.63) is 0 Å². The minimum Gasteiger partial charge on any atom is -0.321 e. The molecule has 1 fully saturated rings. The Balaban J connectivity index is 3.05. The molecule has 124 valence electrons. The van der Waals surface area contributed by atoms with Crippen LogP contribution in [0.2, 0.25) is 0 Å². The molecule has 0 aromatic rings. The Morgan fingerprint density at radius 1 is 1.19 bits per heavy atom. The molecule has 0 aromatic carbocycles. The van der Waals surface area contributed by atoms with E-state index >= 15 is 0 Å². The second-order valence-electron chi connectivity index (χ2n) is 7.54. The zero-order valence-electron chi connectivity index (χ0n) is 15.2. The van der Waals surface area contributed by atoms with Crippen molar-refractivity contribution in [1.82, 2.24) is 15.1 Å². The summed E-state index contributed by atoms with van der Waals surface area (Å²) < 4.78 is 0. The van der Waals surface area contributed by atoms with Crippen molar-refractivity contribution in [1.29, 1.82) is 0 Å². The van der Waals surface area contributed by atoms with Gasteiger partial charge in [-0.3, -0.25) is 10.1 Å². The largest absolute Gasteiger partial charge is 0.321 e. The molecule has 4 heteroatoms. The molecule has 4 nitrogen and oxygen atoms in total. The summed E-state index contributed by atoms with van der Waals surface area (Å²) in [4.78, 5) is 17.3. The highest BCUT2D eigenvalue weighted by Crippen LogP contribution is 2.28. The van der Waals surface area contributed by atoms with Crippen molar-refractivity contribution in [2.75, 3.05) is 20.6 Å². The lowest BCUT2D eigenvalue weighted by Crippen LogP contribution is -2.53. The van der Waals surface area contributed by atoms with E-state index in [4.69, 9.17) is 0 Å². The lowest BCUT2D eigenvalue weighted by atomic mass is 9.97. The van der Waals surface area contributed by atoms with Crippen LogP contribution in [0.25, 0.3) is 0 Å². The van der Waals surface area contributed by atoms with Crippen LogP contribution in [-0.2, 0) is 4.79 Å². The van der Waals surface area contributed by atoms with E-state index in [9.17, 15) is 4.79 Å². The number of carbonyl (C=O) groups is 1. The van der Waals surface area contributed by atoms with Gasteiger partial charge in [0.2, 0.25) is 5.91 Å². The number of nitrogens with one attached hydrogen (secondary N) is 1. The Labute approximate surface area is 131 Å². The van der Waals surface area contributed by atoms with E-state index in [2.05, 4.69) is 70.8 Å². The molecular formula is C17H35N3O. The van der Waals surface area contributed by atoms with Crippen molar-refractivity contribution >= 4 is 5.91 Å². The molecule has 0 radical (unpaired) electrons. The summed E-state index contributed by atoms with van der Waals surface area (Å²) >= 11 is 0. The summed E-state index contributed by atoms with van der Waals surface area (Å²) in [6.45, 7) is 14.1. The van der Waals surface area contributed by atoms with E-state index in [0.717, 1.165) is 13.0 Å². The van der Waals surface area contributed by atoms with Crippen molar-refractivity contribution in [3.63, 3.8) is 0 Å². The molecule has 4 unspecified atom stereocenters. The standard InChI is InChI=1S/C17H35N3O/c1-9-13(6)15-17(21)20(16(18-15)12(4)5)14(11(2)3)10-19(7)8/h11-16,18H,9-10H2,1-8H3. The third-order valence-electron chi connectivity index (χ3n) is 4.69. The van der Waals surface area contributed by atoms with Gasteiger partial charge < -0.3 is 9.80 Å². The van der Waals surface area contributed by atoms with E-state index in [1.165, 1.54) is 0 Å². The molecule has 1 aliphatic heterocycles. The van der Waals surface area contributed by atoms with Crippen LogP contribution in [0.3, 0.4) is 0 Å². The molecule has 1 heterocycles. The van der Waals surface area contributed by atoms with Crippen molar-refractivity contribution < 1.29 is 4.79 Å². The van der Waals surface area contributed by atoms with Crippen LogP contribution in [0.1, 0.15) is 48.0 Å². The smallest absolute Gasteiger partial charge is 0.241 e. The average molecular weight is 297 g/mol. The lowest BCUT2D eigenvalue weighted by Gasteiger charge is -2.38. The highest BCUT2D eigenvalue weighted by molar-refractivity contribution is 5.85. The molecule has 0 bridgehead atoms. The molecule has 21 heavy (non-hydrogen) atoms. The summed E-state index contributed by atoms with van der Waals surface area (Å²) in [7, 11) is 4.17. The quantitative estimate of drug-likeness (QED) is 0.784. The topological polar surface area (TPSA) is 35.6 Å². The Kier molecular flexibility index (Phi) is 6.67. The fourth-order valence-corrected chi connectivity index (χ4v) is 3.15. The lowest BCUT2D eigenvalue weighted by molar-refractivity contribution is -0.135. The van der Waals surface area contributed by atoms with E-state index in [-0.39, 0.29) is 18.2 Å². The maximum Gasteiger partial charge on any atom is 0.241 e. The second kappa shape index (κ2) is 7.59. The Morgan fingerprint density at radius 2 is 1.76 bits per heavy atom. The fourth-order valence-electron chi connectivity index (χ4n) is 3.15. The summed E-state index contributed by atoms with van der Waals surface area (Å²) in [5, 5.41) is 3.61. The third kappa shape index (κ3) is 4.19. The first-order valence-corrected chi connectivity index (χ1v) is 8.43. The van der Waals surface area contributed by atoms with Crippen molar-refractivity contribution in [3.8, 4) is 0 Å². The molecule has 4 atom stereocenters. The number of rotatable bonds is 7. The molecule has 1 saturated heterocycles. The van der Waals surface area contributed by atoms with Gasteiger partial charge in [-0.05, 0) is 31.8 Å². The monoisotopic (exact) mass is 297 g/mol. The van der Waals surface area contributed by atoms with Gasteiger partial charge in [-0.25, -0.2) is 0 Å². The maximum absolute atomic E-state index is 13.0. The summed E-state index contributed by atoms with van der Waals surface area (Å²) in [6.07, 6.45) is 1.19. The molecule has 0 spiro atoms. The van der Waals surface area contributed by atoms with E-state index in [0.29, 0.717) is 23.7 Å². The molecule has 1 rings (SSSR count). The van der Waals surface area contributed by atoms with Gasteiger partial charge in [-0.15, -0.1) is 0 Å². The minimum atomic E-state index is -0.0224. The number of likely N-dealkylation sites (N-methyl/N-ethyl adjacent to an activating group) is 1. The van der Waals surface area contributed by atoms with E-state index in [1.807, 2.05) is 0 Å². The first kappa shape index (κ1) is 18.4. The van der Waals surface area contributed by atoms with Gasteiger partial charge in [-0.2, -0.15) is 0 Å². The van der Waals surface area contributed by atoms with Crippen LogP contribution in [-0.4, -0.2) is 54.6 Å². The van der Waals surface area contributed by atoms with Gasteiger partial charge in [0.1, 0.15) is 0 Å². The van der Waals surface area contributed by atoms with Crippen LogP contribution in [0.4, 0.5) is 0 Å². The van der Waals surface area contributed by atoms with Gasteiger partial charge >= 0.3 is 0 Å². The Morgan fingerprint density at radius 3 is 2.14 bits per heavy atom. The number of amides is 1. The van der Waals surface area contributed by atoms with E-state index < -0.39 is 0 Å². The summed E-state index contributed by atoms with van der Waals surface area (Å²) in [6, 6.07) is 0.243. The SMILES string of the molecule is CCC(C)C1NC(C(C)C)N(C(CN(C)C)C(C)C)C1=O. The van der Waals surface area contributed by atoms with Gasteiger partial charge in [0.05, 0.1) is 12.2 Å². The highest BCUT2D eigenvalue weighted by atomic mass is 16.2. The van der Waals surface area contributed by atoms with Crippen LogP contribution < -0.4 is 5.32 Å². The molecule has 0 saturated carbocycles. The van der Waals surface area contributed by atoms with Crippen LogP contribution in [0.5, 0.6) is 0 Å². The first-order valence-electron chi connectivity index (χ1n) is 8.43. The number of hydrogen-bond acceptors (Lipinski definition) is 3. The highest BCUT2D eigenvalue weighted by Gasteiger charge is 2.45. The average Bonchev–Trinajstić information content (AvgIpc) is 2.72. The van der Waals surface area contributed by atoms with Crippen LogP contribution in [0, 0.1) is 17.8 Å². The predicted octanol–water partition coefficient (Wildman–Crippen LogP) is 2.40. The minimum absolute atomic E-state index is 0.0224. The van der Waals surface area contributed by atoms with Crippen molar-refractivity contribution in [2.24, 2.45) is 17.8 Å². The number of hydrogen-bond donors (Lipinski definition) is 1. The van der Waals surface area contributed by atoms with Crippen LogP contribution >= 0.6 is 0 Å². The van der Waals surface area contributed by atoms with Gasteiger partial charge in [0.25, 0.3) is 0 Å². The molecule has 0 aliphatic carbocycles. The predicted molar refractivity (Wildman–Crippen MR) is 89.0 cm³/mol. The molecule has 1 amide bonds. The fraction of sp³-hybridized carbons (Fsp3) is 0.941. The normalized spacial score (nSPS) is 26.2.